The number of carbonyl (C=O) groups is 1. The van der Waals surface area contributed by atoms with Gasteiger partial charge in [-0.25, -0.2) is 0 Å². The van der Waals surface area contributed by atoms with Gasteiger partial charge < -0.3 is 4.52 Å². The molecule has 2 aromatic rings. The normalized spacial score (nSPS) is 10.4. The maximum Gasteiger partial charge on any atom is 0.243 e. The Morgan fingerprint density at radius 2 is 2.06 bits per heavy atom. The van der Waals surface area contributed by atoms with Crippen molar-refractivity contribution in [2.75, 3.05) is 0 Å². The number of nitrogens with zero attached hydrogens (tertiary/aromatic N) is 2. The van der Waals surface area contributed by atoms with Gasteiger partial charge in [0.2, 0.25) is 17.5 Å². The Morgan fingerprint density at radius 1 is 1.38 bits per heavy atom. The van der Waals surface area contributed by atoms with E-state index in [1.54, 1.807) is 12.1 Å². The van der Waals surface area contributed by atoms with Gasteiger partial charge in [0.15, 0.2) is 0 Å². The quantitative estimate of drug-likeness (QED) is 0.606. The van der Waals surface area contributed by atoms with Crippen LogP contribution in [0.5, 0.6) is 0 Å². The second-order valence-corrected chi connectivity index (χ2v) is 3.61. The van der Waals surface area contributed by atoms with Crippen molar-refractivity contribution >= 4 is 17.4 Å². The predicted octanol–water partition coefficient (Wildman–Crippen LogP) is 2.35. The van der Waals surface area contributed by atoms with E-state index in [-0.39, 0.29) is 23.4 Å². The van der Waals surface area contributed by atoms with Crippen molar-refractivity contribution in [3.63, 3.8) is 0 Å². The van der Waals surface area contributed by atoms with Crippen LogP contribution in [0, 0.1) is 6.92 Å². The highest BCUT2D eigenvalue weighted by Crippen LogP contribution is 2.09. The largest absolute Gasteiger partial charge is 0.338 e. The highest BCUT2D eigenvalue weighted by molar-refractivity contribution is 6.16. The summed E-state index contributed by atoms with van der Waals surface area (Å²) in [6.07, 6.45) is 0. The molecule has 0 fully saturated rings. The van der Waals surface area contributed by atoms with Crippen molar-refractivity contribution in [1.82, 2.24) is 10.1 Å². The molecule has 16 heavy (non-hydrogen) atoms. The number of rotatable bonds is 3. The summed E-state index contributed by atoms with van der Waals surface area (Å²) in [6, 6.07) is 7.17. The van der Waals surface area contributed by atoms with E-state index in [1.165, 1.54) is 0 Å². The molecule has 0 saturated carbocycles. The number of ketones is 1. The monoisotopic (exact) mass is 236 g/mol. The molecule has 2 rings (SSSR count). The Kier molecular flexibility index (Phi) is 3.01. The zero-order chi connectivity index (χ0) is 11.5. The Hall–Kier alpha value is -1.68. The number of hydrogen-bond donors (Lipinski definition) is 0. The molecular weight excluding hydrogens is 228 g/mol. The molecule has 0 bridgehead atoms. The van der Waals surface area contributed by atoms with Crippen LogP contribution in [0.3, 0.4) is 0 Å². The number of carbonyl (C=O) groups excluding carboxylic acids is 1. The molecule has 0 aliphatic rings. The van der Waals surface area contributed by atoms with Crippen LogP contribution in [0.2, 0.25) is 0 Å². The van der Waals surface area contributed by atoms with Crippen LogP contribution in [0.1, 0.15) is 27.6 Å². The minimum absolute atomic E-state index is 0.0412. The van der Waals surface area contributed by atoms with Gasteiger partial charge in [-0.1, -0.05) is 35.0 Å². The third kappa shape index (κ3) is 2.12. The molecule has 4 nitrogen and oxygen atoms in total. The van der Waals surface area contributed by atoms with Crippen LogP contribution in [0.25, 0.3) is 0 Å². The number of aromatic nitrogens is 2. The minimum Gasteiger partial charge on any atom is -0.338 e. The van der Waals surface area contributed by atoms with E-state index in [0.717, 1.165) is 5.56 Å². The zero-order valence-electron chi connectivity index (χ0n) is 8.61. The van der Waals surface area contributed by atoms with Crippen molar-refractivity contribution in [3.05, 3.63) is 47.1 Å². The topological polar surface area (TPSA) is 56.0 Å². The summed E-state index contributed by atoms with van der Waals surface area (Å²) in [4.78, 5) is 15.7. The summed E-state index contributed by atoms with van der Waals surface area (Å²) in [5, 5.41) is 3.57. The summed E-state index contributed by atoms with van der Waals surface area (Å²) in [5.41, 5.74) is 1.62. The fourth-order valence-corrected chi connectivity index (χ4v) is 1.34. The number of hydrogen-bond acceptors (Lipinski definition) is 4. The molecule has 0 unspecified atom stereocenters. The second kappa shape index (κ2) is 4.45. The molecule has 0 saturated heterocycles. The van der Waals surface area contributed by atoms with Crippen LogP contribution in [0.4, 0.5) is 0 Å². The maximum absolute atomic E-state index is 11.9. The highest BCUT2D eigenvalue weighted by Gasteiger charge is 2.15. The summed E-state index contributed by atoms with van der Waals surface area (Å²) >= 11 is 5.50. The van der Waals surface area contributed by atoms with Gasteiger partial charge in [-0.05, 0) is 6.92 Å². The van der Waals surface area contributed by atoms with Crippen molar-refractivity contribution in [1.29, 1.82) is 0 Å². The first kappa shape index (κ1) is 10.8. The first-order chi connectivity index (χ1) is 7.70. The van der Waals surface area contributed by atoms with Gasteiger partial charge in [0.05, 0.1) is 0 Å². The Morgan fingerprint density at radius 3 is 2.62 bits per heavy atom. The molecule has 1 aromatic heterocycles. The van der Waals surface area contributed by atoms with Crippen LogP contribution in [0.15, 0.2) is 28.8 Å². The summed E-state index contributed by atoms with van der Waals surface area (Å²) < 4.78 is 4.77. The summed E-state index contributed by atoms with van der Waals surface area (Å²) in [5.74, 6) is 0.130. The second-order valence-electron chi connectivity index (χ2n) is 3.34. The van der Waals surface area contributed by atoms with Crippen LogP contribution >= 0.6 is 11.6 Å². The van der Waals surface area contributed by atoms with Gasteiger partial charge in [-0.2, -0.15) is 4.98 Å². The molecule has 82 valence electrons. The molecule has 0 atom stereocenters. The van der Waals surface area contributed by atoms with Crippen molar-refractivity contribution in [2.24, 2.45) is 0 Å². The molecule has 0 spiro atoms. The van der Waals surface area contributed by atoms with E-state index in [4.69, 9.17) is 16.1 Å². The summed E-state index contributed by atoms with van der Waals surface area (Å²) in [7, 11) is 0. The van der Waals surface area contributed by atoms with Gasteiger partial charge >= 0.3 is 0 Å². The predicted molar refractivity (Wildman–Crippen MR) is 58.5 cm³/mol. The summed E-state index contributed by atoms with van der Waals surface area (Å²) in [6.45, 7) is 1.95. The van der Waals surface area contributed by atoms with Gasteiger partial charge in [0, 0.05) is 5.56 Å². The van der Waals surface area contributed by atoms with Crippen LogP contribution in [-0.2, 0) is 5.88 Å². The molecular formula is C11H9ClN2O2. The Bertz CT molecular complexity index is 505. The smallest absolute Gasteiger partial charge is 0.243 e. The molecule has 0 N–H and O–H groups in total. The molecule has 0 amide bonds. The average molecular weight is 237 g/mol. The van der Waals surface area contributed by atoms with Crippen molar-refractivity contribution < 1.29 is 9.32 Å². The average Bonchev–Trinajstić information content (AvgIpc) is 2.77. The Labute approximate surface area is 97.2 Å². The third-order valence-electron chi connectivity index (χ3n) is 2.10. The fraction of sp³-hybridized carbons (Fsp3) is 0.182. The lowest BCUT2D eigenvalue weighted by molar-refractivity contribution is 0.102. The molecule has 1 aromatic carbocycles. The first-order valence-electron chi connectivity index (χ1n) is 4.70. The SMILES string of the molecule is Cc1ccc(C(=O)c2noc(CCl)n2)cc1. The highest BCUT2D eigenvalue weighted by atomic mass is 35.5. The fourth-order valence-electron chi connectivity index (χ4n) is 1.24. The van der Waals surface area contributed by atoms with Crippen LogP contribution < -0.4 is 0 Å². The van der Waals surface area contributed by atoms with E-state index in [1.807, 2.05) is 19.1 Å². The lowest BCUT2D eigenvalue weighted by Crippen LogP contribution is -2.03. The number of aryl methyl sites for hydroxylation is 1. The van der Waals surface area contributed by atoms with Crippen molar-refractivity contribution in [3.8, 4) is 0 Å². The maximum atomic E-state index is 11.9. The molecule has 1 heterocycles. The zero-order valence-corrected chi connectivity index (χ0v) is 9.36. The Balaban J connectivity index is 2.28. The number of benzene rings is 1. The molecule has 0 radical (unpaired) electrons. The van der Waals surface area contributed by atoms with Gasteiger partial charge in [0.25, 0.3) is 0 Å². The van der Waals surface area contributed by atoms with Gasteiger partial charge in [-0.15, -0.1) is 11.6 Å². The molecule has 0 aliphatic carbocycles. The van der Waals surface area contributed by atoms with E-state index in [2.05, 4.69) is 10.1 Å². The lowest BCUT2D eigenvalue weighted by atomic mass is 10.1. The number of alkyl halides is 1. The van der Waals surface area contributed by atoms with Crippen LogP contribution in [-0.4, -0.2) is 15.9 Å². The first-order valence-corrected chi connectivity index (χ1v) is 5.24. The minimum atomic E-state index is -0.264. The lowest BCUT2D eigenvalue weighted by Gasteiger charge is -1.96. The van der Waals surface area contributed by atoms with Crippen molar-refractivity contribution in [2.45, 2.75) is 12.8 Å². The standard InChI is InChI=1S/C11H9ClN2O2/c1-7-2-4-8(5-3-7)10(15)11-13-9(6-12)16-14-11/h2-5H,6H2,1H3. The van der Waals surface area contributed by atoms with E-state index in [9.17, 15) is 4.79 Å². The molecule has 5 heteroatoms. The van der Waals surface area contributed by atoms with E-state index in [0.29, 0.717) is 5.56 Å². The van der Waals surface area contributed by atoms with Gasteiger partial charge in [0.1, 0.15) is 5.88 Å². The van der Waals surface area contributed by atoms with E-state index < -0.39 is 0 Å². The third-order valence-corrected chi connectivity index (χ3v) is 2.33. The van der Waals surface area contributed by atoms with Gasteiger partial charge in [-0.3, -0.25) is 4.79 Å². The number of halogens is 1. The molecule has 0 aliphatic heterocycles. The van der Waals surface area contributed by atoms with E-state index >= 15 is 0 Å².